The average Bonchev–Trinajstić information content (AvgIpc) is 2.53. The summed E-state index contributed by atoms with van der Waals surface area (Å²) in [5.41, 5.74) is 0. The minimum atomic E-state index is -0.710. The smallest absolute Gasteiger partial charge is 0.303 e. The Labute approximate surface area is 133 Å². The minimum Gasteiger partial charge on any atom is -0.481 e. The lowest BCUT2D eigenvalue weighted by Gasteiger charge is -2.35. The minimum absolute atomic E-state index is 0.264. The second-order valence-electron chi connectivity index (χ2n) is 6.78. The molecule has 5 heteroatoms. The van der Waals surface area contributed by atoms with Crippen molar-refractivity contribution in [2.24, 2.45) is 5.92 Å². The summed E-state index contributed by atoms with van der Waals surface area (Å²) in [5, 5.41) is 8.62. The van der Waals surface area contributed by atoms with Crippen LogP contribution in [0.3, 0.4) is 0 Å². The third-order valence-corrected chi connectivity index (χ3v) is 5.03. The van der Waals surface area contributed by atoms with Gasteiger partial charge < -0.3 is 10.0 Å². The molecule has 2 rings (SSSR count). The fourth-order valence-corrected chi connectivity index (χ4v) is 3.60. The highest BCUT2D eigenvalue weighted by Crippen LogP contribution is 2.27. The van der Waals surface area contributed by atoms with E-state index in [0.29, 0.717) is 11.8 Å². The number of carboxylic acids is 1. The van der Waals surface area contributed by atoms with Gasteiger partial charge in [-0.05, 0) is 38.1 Å². The zero-order chi connectivity index (χ0) is 15.8. The Morgan fingerprint density at radius 2 is 1.64 bits per heavy atom. The summed E-state index contributed by atoms with van der Waals surface area (Å²) in [6, 6.07) is 0. The summed E-state index contributed by atoms with van der Waals surface area (Å²) in [7, 11) is 0. The van der Waals surface area contributed by atoms with Crippen molar-refractivity contribution >= 4 is 11.9 Å². The van der Waals surface area contributed by atoms with Crippen molar-refractivity contribution in [3.63, 3.8) is 0 Å². The average molecular weight is 310 g/mol. The highest BCUT2D eigenvalue weighted by Gasteiger charge is 2.24. The van der Waals surface area contributed by atoms with Crippen molar-refractivity contribution in [3.05, 3.63) is 0 Å². The Morgan fingerprint density at radius 1 is 0.955 bits per heavy atom. The highest BCUT2D eigenvalue weighted by atomic mass is 16.4. The van der Waals surface area contributed by atoms with Crippen LogP contribution in [0.2, 0.25) is 0 Å². The monoisotopic (exact) mass is 310 g/mol. The molecule has 0 unspecified atom stereocenters. The van der Waals surface area contributed by atoms with Gasteiger partial charge in [0.2, 0.25) is 5.91 Å². The van der Waals surface area contributed by atoms with Crippen LogP contribution in [0.1, 0.15) is 57.8 Å². The van der Waals surface area contributed by atoms with Gasteiger partial charge in [0, 0.05) is 39.0 Å². The fraction of sp³-hybridized carbons (Fsp3) is 0.882. The number of piperazine rings is 1. The van der Waals surface area contributed by atoms with E-state index in [-0.39, 0.29) is 6.42 Å². The molecule has 0 aromatic heterocycles. The molecule has 1 heterocycles. The molecular formula is C17H30N2O3. The Morgan fingerprint density at radius 3 is 2.27 bits per heavy atom. The SMILES string of the molecule is O=C(O)CCCCN1CCN(C(=O)CC2CCCCC2)CC1. The molecule has 0 spiro atoms. The van der Waals surface area contributed by atoms with Crippen LogP contribution in [-0.4, -0.2) is 59.5 Å². The van der Waals surface area contributed by atoms with Crippen molar-refractivity contribution in [1.82, 2.24) is 9.80 Å². The van der Waals surface area contributed by atoms with E-state index in [1.165, 1.54) is 32.1 Å². The first-order valence-electron chi connectivity index (χ1n) is 8.87. The Kier molecular flexibility index (Phi) is 7.16. The lowest BCUT2D eigenvalue weighted by atomic mass is 9.86. The van der Waals surface area contributed by atoms with Gasteiger partial charge in [0.05, 0.1) is 0 Å². The van der Waals surface area contributed by atoms with E-state index in [2.05, 4.69) is 4.90 Å². The van der Waals surface area contributed by atoms with Crippen molar-refractivity contribution in [2.45, 2.75) is 57.8 Å². The summed E-state index contributed by atoms with van der Waals surface area (Å²) >= 11 is 0. The predicted molar refractivity (Wildman–Crippen MR) is 85.7 cm³/mol. The molecule has 1 N–H and O–H groups in total. The topological polar surface area (TPSA) is 60.9 Å². The molecule has 0 aromatic rings. The first kappa shape index (κ1) is 17.3. The van der Waals surface area contributed by atoms with Gasteiger partial charge in [0.25, 0.3) is 0 Å². The van der Waals surface area contributed by atoms with Gasteiger partial charge in [-0.25, -0.2) is 0 Å². The zero-order valence-electron chi connectivity index (χ0n) is 13.6. The molecule has 1 saturated carbocycles. The summed E-state index contributed by atoms with van der Waals surface area (Å²) in [4.78, 5) is 27.2. The molecule has 0 aromatic carbocycles. The normalized spacial score (nSPS) is 21.0. The maximum absolute atomic E-state index is 12.4. The molecule has 2 fully saturated rings. The van der Waals surface area contributed by atoms with E-state index in [4.69, 9.17) is 5.11 Å². The van der Waals surface area contributed by atoms with Crippen LogP contribution in [0.5, 0.6) is 0 Å². The largest absolute Gasteiger partial charge is 0.481 e. The first-order chi connectivity index (χ1) is 10.6. The van der Waals surface area contributed by atoms with Gasteiger partial charge in [-0.15, -0.1) is 0 Å². The van der Waals surface area contributed by atoms with Gasteiger partial charge in [-0.3, -0.25) is 14.5 Å². The molecule has 1 aliphatic carbocycles. The highest BCUT2D eigenvalue weighted by molar-refractivity contribution is 5.76. The first-order valence-corrected chi connectivity index (χ1v) is 8.87. The lowest BCUT2D eigenvalue weighted by molar-refractivity contribution is -0.137. The second-order valence-corrected chi connectivity index (χ2v) is 6.78. The number of carbonyl (C=O) groups excluding carboxylic acids is 1. The molecule has 2 aliphatic rings. The number of hydrogen-bond acceptors (Lipinski definition) is 3. The third-order valence-electron chi connectivity index (χ3n) is 5.03. The number of aliphatic carboxylic acids is 1. The van der Waals surface area contributed by atoms with Crippen LogP contribution in [0.4, 0.5) is 0 Å². The Bertz CT molecular complexity index is 359. The summed E-state index contributed by atoms with van der Waals surface area (Å²) in [6.45, 7) is 4.50. The van der Waals surface area contributed by atoms with Gasteiger partial charge in [-0.1, -0.05) is 19.3 Å². The van der Waals surface area contributed by atoms with E-state index in [1.807, 2.05) is 4.90 Å². The van der Waals surface area contributed by atoms with Crippen LogP contribution in [0.25, 0.3) is 0 Å². The Hall–Kier alpha value is -1.10. The maximum atomic E-state index is 12.4. The van der Waals surface area contributed by atoms with Crippen molar-refractivity contribution in [1.29, 1.82) is 0 Å². The van der Waals surface area contributed by atoms with Crippen molar-refractivity contribution in [3.8, 4) is 0 Å². The third kappa shape index (κ3) is 5.95. The number of nitrogens with zero attached hydrogens (tertiary/aromatic N) is 2. The molecule has 0 radical (unpaired) electrons. The lowest BCUT2D eigenvalue weighted by Crippen LogP contribution is -2.49. The van der Waals surface area contributed by atoms with Gasteiger partial charge in [0.1, 0.15) is 0 Å². The summed E-state index contributed by atoms with van der Waals surface area (Å²) < 4.78 is 0. The van der Waals surface area contributed by atoms with E-state index in [9.17, 15) is 9.59 Å². The Balaban J connectivity index is 1.59. The molecule has 0 bridgehead atoms. The second kappa shape index (κ2) is 9.13. The van der Waals surface area contributed by atoms with Crippen molar-refractivity contribution < 1.29 is 14.7 Å². The maximum Gasteiger partial charge on any atom is 0.303 e. The van der Waals surface area contributed by atoms with Crippen LogP contribution in [0, 0.1) is 5.92 Å². The van der Waals surface area contributed by atoms with E-state index < -0.39 is 5.97 Å². The summed E-state index contributed by atoms with van der Waals surface area (Å²) in [5.74, 6) is 0.255. The number of hydrogen-bond donors (Lipinski definition) is 1. The standard InChI is InChI=1S/C17H30N2O3/c20-16(14-15-6-2-1-3-7-15)19-12-10-18(11-13-19)9-5-4-8-17(21)22/h15H,1-14H2,(H,21,22). The van der Waals surface area contributed by atoms with Crippen LogP contribution in [-0.2, 0) is 9.59 Å². The van der Waals surface area contributed by atoms with Crippen LogP contribution < -0.4 is 0 Å². The molecule has 1 aliphatic heterocycles. The van der Waals surface area contributed by atoms with Gasteiger partial charge in [-0.2, -0.15) is 0 Å². The van der Waals surface area contributed by atoms with E-state index >= 15 is 0 Å². The van der Waals surface area contributed by atoms with Crippen LogP contribution in [0.15, 0.2) is 0 Å². The quantitative estimate of drug-likeness (QED) is 0.733. The molecular weight excluding hydrogens is 280 g/mol. The van der Waals surface area contributed by atoms with E-state index in [1.54, 1.807) is 0 Å². The molecule has 1 amide bonds. The summed E-state index contributed by atoms with van der Waals surface area (Å²) in [6.07, 6.45) is 9.08. The van der Waals surface area contributed by atoms with Gasteiger partial charge >= 0.3 is 5.97 Å². The molecule has 126 valence electrons. The molecule has 1 saturated heterocycles. The predicted octanol–water partition coefficient (Wildman–Crippen LogP) is 2.36. The van der Waals surface area contributed by atoms with E-state index in [0.717, 1.165) is 52.0 Å². The zero-order valence-corrected chi connectivity index (χ0v) is 13.6. The number of amides is 1. The molecule has 5 nitrogen and oxygen atoms in total. The van der Waals surface area contributed by atoms with Crippen LogP contribution >= 0.6 is 0 Å². The fourth-order valence-electron chi connectivity index (χ4n) is 3.60. The number of unbranched alkanes of at least 4 members (excludes halogenated alkanes) is 1. The molecule has 0 atom stereocenters. The van der Waals surface area contributed by atoms with Gasteiger partial charge in [0.15, 0.2) is 0 Å². The molecule has 22 heavy (non-hydrogen) atoms. The number of rotatable bonds is 7. The van der Waals surface area contributed by atoms with Crippen molar-refractivity contribution in [2.75, 3.05) is 32.7 Å². The number of carbonyl (C=O) groups is 2. The number of carboxylic acid groups (broad SMARTS) is 1.